The summed E-state index contributed by atoms with van der Waals surface area (Å²) in [5.41, 5.74) is 1.14. The summed E-state index contributed by atoms with van der Waals surface area (Å²) in [6.07, 6.45) is 0. The highest BCUT2D eigenvalue weighted by Gasteiger charge is 2.19. The Labute approximate surface area is 120 Å². The molecule has 0 saturated heterocycles. The molecule has 0 N–H and O–H groups in total. The second kappa shape index (κ2) is 5.59. The first-order chi connectivity index (χ1) is 9.40. The van der Waals surface area contributed by atoms with Crippen LogP contribution in [0, 0.1) is 18.6 Å². The van der Waals surface area contributed by atoms with E-state index in [1.807, 2.05) is 6.92 Å². The number of nitrogens with zero attached hydrogens (tertiary/aromatic N) is 1. The molecule has 0 aliphatic carbocycles. The van der Waals surface area contributed by atoms with Crippen LogP contribution in [-0.4, -0.2) is 13.0 Å². The van der Waals surface area contributed by atoms with Gasteiger partial charge in [0.05, 0.1) is 16.3 Å². The second-order valence-electron chi connectivity index (χ2n) is 4.44. The van der Waals surface area contributed by atoms with E-state index in [9.17, 15) is 13.6 Å². The Morgan fingerprint density at radius 3 is 2.50 bits per heavy atom. The number of carbonyl (C=O) groups excluding carboxylic acids is 1. The normalized spacial score (nSPS) is 10.4. The summed E-state index contributed by atoms with van der Waals surface area (Å²) >= 11 is 5.99. The summed E-state index contributed by atoms with van der Waals surface area (Å²) in [6.45, 7) is 1.82. The van der Waals surface area contributed by atoms with Crippen LogP contribution in [-0.2, 0) is 0 Å². The molecule has 5 heteroatoms. The third-order valence-electron chi connectivity index (χ3n) is 2.93. The maximum absolute atomic E-state index is 13.7. The van der Waals surface area contributed by atoms with Crippen molar-refractivity contribution in [3.63, 3.8) is 0 Å². The predicted octanol–water partition coefficient (Wildman–Crippen LogP) is 4.20. The smallest absolute Gasteiger partial charge is 0.259 e. The van der Waals surface area contributed by atoms with E-state index in [1.54, 1.807) is 18.2 Å². The largest absolute Gasteiger partial charge is 0.309 e. The number of carbonyl (C=O) groups is 1. The Morgan fingerprint density at radius 2 is 1.85 bits per heavy atom. The summed E-state index contributed by atoms with van der Waals surface area (Å²) in [7, 11) is 1.41. The van der Waals surface area contributed by atoms with Crippen molar-refractivity contribution in [2.45, 2.75) is 6.92 Å². The number of benzene rings is 2. The predicted molar refractivity (Wildman–Crippen MR) is 75.3 cm³/mol. The van der Waals surface area contributed by atoms with Crippen LogP contribution in [0.4, 0.5) is 14.5 Å². The van der Waals surface area contributed by atoms with E-state index in [-0.39, 0.29) is 16.3 Å². The third kappa shape index (κ3) is 2.80. The molecule has 0 unspecified atom stereocenters. The molecule has 0 aliphatic heterocycles. The summed E-state index contributed by atoms with van der Waals surface area (Å²) in [5.74, 6) is -1.95. The van der Waals surface area contributed by atoms with E-state index >= 15 is 0 Å². The van der Waals surface area contributed by atoms with Crippen molar-refractivity contribution >= 4 is 23.2 Å². The molecule has 0 saturated carbocycles. The van der Waals surface area contributed by atoms with Gasteiger partial charge in [0.25, 0.3) is 5.91 Å². The van der Waals surface area contributed by atoms with Crippen molar-refractivity contribution in [3.05, 3.63) is 64.2 Å². The maximum Gasteiger partial charge on any atom is 0.259 e. The summed E-state index contributed by atoms with van der Waals surface area (Å²) in [4.78, 5) is 13.4. The van der Waals surface area contributed by atoms with Crippen molar-refractivity contribution in [2.75, 3.05) is 11.9 Å². The first kappa shape index (κ1) is 14.5. The molecule has 0 heterocycles. The van der Waals surface area contributed by atoms with E-state index in [0.29, 0.717) is 0 Å². The van der Waals surface area contributed by atoms with Crippen molar-refractivity contribution < 1.29 is 13.6 Å². The van der Waals surface area contributed by atoms with Crippen LogP contribution in [0.25, 0.3) is 0 Å². The molecule has 0 bridgehead atoms. The minimum Gasteiger partial charge on any atom is -0.309 e. The topological polar surface area (TPSA) is 20.3 Å². The number of rotatable bonds is 2. The summed E-state index contributed by atoms with van der Waals surface area (Å²) in [5, 5.41) is 0.287. The van der Waals surface area contributed by atoms with Crippen LogP contribution in [0.2, 0.25) is 5.02 Å². The Balaban J connectivity index is 2.40. The van der Waals surface area contributed by atoms with Crippen LogP contribution >= 0.6 is 11.6 Å². The molecule has 104 valence electrons. The zero-order chi connectivity index (χ0) is 14.9. The van der Waals surface area contributed by atoms with E-state index in [0.717, 1.165) is 22.6 Å². The molecule has 0 radical (unpaired) electrons. The zero-order valence-corrected chi connectivity index (χ0v) is 11.7. The molecular weight excluding hydrogens is 284 g/mol. The van der Waals surface area contributed by atoms with Gasteiger partial charge < -0.3 is 4.90 Å². The van der Waals surface area contributed by atoms with Gasteiger partial charge in [-0.3, -0.25) is 4.79 Å². The Hall–Kier alpha value is -1.94. The maximum atomic E-state index is 13.7. The van der Waals surface area contributed by atoms with Crippen LogP contribution in [0.15, 0.2) is 36.4 Å². The molecule has 0 aliphatic rings. The van der Waals surface area contributed by atoms with Gasteiger partial charge in [0.15, 0.2) is 0 Å². The van der Waals surface area contributed by atoms with Gasteiger partial charge >= 0.3 is 0 Å². The van der Waals surface area contributed by atoms with Crippen LogP contribution in [0.3, 0.4) is 0 Å². The molecule has 0 atom stereocenters. The van der Waals surface area contributed by atoms with E-state index in [2.05, 4.69) is 0 Å². The fraction of sp³-hybridized carbons (Fsp3) is 0.133. The highest BCUT2D eigenvalue weighted by atomic mass is 35.5. The molecule has 2 aromatic rings. The number of amides is 1. The van der Waals surface area contributed by atoms with Gasteiger partial charge in [-0.15, -0.1) is 0 Å². The highest BCUT2D eigenvalue weighted by molar-refractivity contribution is 6.34. The number of anilines is 1. The van der Waals surface area contributed by atoms with E-state index < -0.39 is 17.5 Å². The van der Waals surface area contributed by atoms with E-state index in [1.165, 1.54) is 13.1 Å². The lowest BCUT2D eigenvalue weighted by Gasteiger charge is -2.19. The van der Waals surface area contributed by atoms with Crippen molar-refractivity contribution in [1.29, 1.82) is 0 Å². The minimum atomic E-state index is -0.801. The first-order valence-corrected chi connectivity index (χ1v) is 6.27. The minimum absolute atomic E-state index is 0.00558. The monoisotopic (exact) mass is 295 g/mol. The van der Waals surface area contributed by atoms with Crippen molar-refractivity contribution in [1.82, 2.24) is 0 Å². The summed E-state index contributed by atoms with van der Waals surface area (Å²) < 4.78 is 26.6. The lowest BCUT2D eigenvalue weighted by atomic mass is 10.1. The Morgan fingerprint density at radius 1 is 1.15 bits per heavy atom. The fourth-order valence-corrected chi connectivity index (χ4v) is 2.04. The number of hydrogen-bond acceptors (Lipinski definition) is 1. The second-order valence-corrected chi connectivity index (χ2v) is 4.85. The molecule has 0 spiro atoms. The lowest BCUT2D eigenvalue weighted by molar-refractivity contribution is 0.0992. The number of halogens is 3. The van der Waals surface area contributed by atoms with Gasteiger partial charge in [-0.1, -0.05) is 23.2 Å². The lowest BCUT2D eigenvalue weighted by Crippen LogP contribution is -2.27. The number of aryl methyl sites for hydroxylation is 1. The van der Waals surface area contributed by atoms with Crippen LogP contribution in [0.5, 0.6) is 0 Å². The van der Waals surface area contributed by atoms with Crippen LogP contribution < -0.4 is 4.90 Å². The molecule has 2 aromatic carbocycles. The molecular formula is C15H12ClF2NO. The van der Waals surface area contributed by atoms with Gasteiger partial charge in [0.2, 0.25) is 0 Å². The quantitative estimate of drug-likeness (QED) is 0.813. The standard InChI is InChI=1S/C15H12ClF2NO/c1-9-3-5-12(16)11(7-9)15(20)19(2)14-6-4-10(17)8-13(14)18/h3-8H,1-2H3. The molecule has 2 nitrogen and oxygen atoms in total. The van der Waals surface area contributed by atoms with E-state index in [4.69, 9.17) is 11.6 Å². The molecule has 0 aromatic heterocycles. The Bertz CT molecular complexity index is 673. The van der Waals surface area contributed by atoms with Gasteiger partial charge in [0.1, 0.15) is 11.6 Å². The SMILES string of the molecule is Cc1ccc(Cl)c(C(=O)N(C)c2ccc(F)cc2F)c1. The first-order valence-electron chi connectivity index (χ1n) is 5.89. The highest BCUT2D eigenvalue weighted by Crippen LogP contribution is 2.24. The number of hydrogen-bond donors (Lipinski definition) is 0. The van der Waals surface area contributed by atoms with Crippen molar-refractivity contribution in [3.8, 4) is 0 Å². The van der Waals surface area contributed by atoms with Crippen LogP contribution in [0.1, 0.15) is 15.9 Å². The Kier molecular flexibility index (Phi) is 4.04. The third-order valence-corrected chi connectivity index (χ3v) is 3.26. The molecule has 1 amide bonds. The average molecular weight is 296 g/mol. The van der Waals surface area contributed by atoms with Gasteiger partial charge in [-0.05, 0) is 31.2 Å². The van der Waals surface area contributed by atoms with Crippen molar-refractivity contribution in [2.24, 2.45) is 0 Å². The fourth-order valence-electron chi connectivity index (χ4n) is 1.85. The summed E-state index contributed by atoms with van der Waals surface area (Å²) in [6, 6.07) is 8.06. The molecule has 0 fully saturated rings. The van der Waals surface area contributed by atoms with Gasteiger partial charge in [-0.2, -0.15) is 0 Å². The van der Waals surface area contributed by atoms with Gasteiger partial charge in [-0.25, -0.2) is 8.78 Å². The zero-order valence-electron chi connectivity index (χ0n) is 11.0. The molecule has 2 rings (SSSR count). The van der Waals surface area contributed by atoms with Gasteiger partial charge in [0, 0.05) is 13.1 Å². The molecule has 20 heavy (non-hydrogen) atoms. The average Bonchev–Trinajstić information content (AvgIpc) is 2.40.